The lowest BCUT2D eigenvalue weighted by Crippen LogP contribution is -2.14. The zero-order chi connectivity index (χ0) is 15.0. The monoisotopic (exact) mass is 336 g/mol. The molecule has 0 N–H and O–H groups in total. The lowest BCUT2D eigenvalue weighted by atomic mass is 10.2. The van der Waals surface area contributed by atoms with Crippen molar-refractivity contribution >= 4 is 35.1 Å². The summed E-state index contributed by atoms with van der Waals surface area (Å²) in [5, 5.41) is 0. The minimum absolute atomic E-state index is 0.134. The Bertz CT molecular complexity index is 472. The Balaban J connectivity index is 2.09. The van der Waals surface area contributed by atoms with Gasteiger partial charge in [-0.3, -0.25) is 0 Å². The number of benzene rings is 2. The average Bonchev–Trinajstić information content (AvgIpc) is 2.49. The first-order valence-electron chi connectivity index (χ1n) is 7.26. The third-order valence-corrected chi connectivity index (χ3v) is 6.22. The lowest BCUT2D eigenvalue weighted by Gasteiger charge is -2.28. The largest absolute Gasteiger partial charge is 0.127 e. The van der Waals surface area contributed by atoms with E-state index in [0.29, 0.717) is 0 Å². The van der Waals surface area contributed by atoms with E-state index in [0.717, 1.165) is 18.7 Å². The van der Waals surface area contributed by atoms with E-state index in [1.807, 2.05) is 23.5 Å². The molecule has 0 atom stereocenters. The average molecular weight is 337 g/mol. The van der Waals surface area contributed by atoms with Gasteiger partial charge in [0.1, 0.15) is 0 Å². The second-order valence-corrected chi connectivity index (χ2v) is 8.90. The minimum Gasteiger partial charge on any atom is -0.127 e. The van der Waals surface area contributed by atoms with Crippen LogP contribution in [0.15, 0.2) is 70.5 Å². The van der Waals surface area contributed by atoms with Crippen LogP contribution >= 0.6 is 35.1 Å². The van der Waals surface area contributed by atoms with Crippen LogP contribution in [-0.2, 0) is 0 Å². The highest BCUT2D eigenvalue weighted by atomic mass is 35.5. The van der Waals surface area contributed by atoms with Gasteiger partial charge in [0.15, 0.2) is 0 Å². The van der Waals surface area contributed by atoms with Gasteiger partial charge in [-0.2, -0.15) is 0 Å². The maximum Gasteiger partial charge on any atom is 0.0677 e. The van der Waals surface area contributed by atoms with E-state index in [1.54, 1.807) is 0 Å². The second kappa shape index (κ2) is 8.77. The summed E-state index contributed by atoms with van der Waals surface area (Å²) in [4.78, 5) is 2.66. The summed E-state index contributed by atoms with van der Waals surface area (Å²) in [5.41, 5.74) is 0. The van der Waals surface area contributed by atoms with E-state index in [-0.39, 0.29) is 4.08 Å². The summed E-state index contributed by atoms with van der Waals surface area (Å²) in [6.45, 7) is 2.34. The molecule has 3 heteroatoms. The Hall–Kier alpha value is -0.570. The summed E-state index contributed by atoms with van der Waals surface area (Å²) in [6.07, 6.45) is 3.40. The van der Waals surface area contributed by atoms with Crippen molar-refractivity contribution in [1.82, 2.24) is 0 Å². The molecule has 0 saturated carbocycles. The number of alkyl halides is 1. The van der Waals surface area contributed by atoms with Gasteiger partial charge in [0.05, 0.1) is 4.08 Å². The third-order valence-electron chi connectivity index (χ3n) is 3.17. The highest BCUT2D eigenvalue weighted by molar-refractivity contribution is 8.18. The molecule has 0 aliphatic carbocycles. The van der Waals surface area contributed by atoms with E-state index in [4.69, 9.17) is 11.6 Å². The highest BCUT2D eigenvalue weighted by Gasteiger charge is 2.26. The summed E-state index contributed by atoms with van der Waals surface area (Å²) in [5.74, 6) is 0.752. The van der Waals surface area contributed by atoms with E-state index in [9.17, 15) is 0 Å². The molecule has 0 aromatic heterocycles. The lowest BCUT2D eigenvalue weighted by molar-refractivity contribution is 0.687. The molecule has 0 aliphatic rings. The van der Waals surface area contributed by atoms with Crippen molar-refractivity contribution in [3.05, 3.63) is 60.7 Å². The van der Waals surface area contributed by atoms with Crippen LogP contribution < -0.4 is 0 Å². The van der Waals surface area contributed by atoms with Crippen molar-refractivity contribution in [2.45, 2.75) is 40.1 Å². The molecular weight excluding hydrogens is 316 g/mol. The summed E-state index contributed by atoms with van der Waals surface area (Å²) in [6, 6.07) is 21.3. The Morgan fingerprint density at radius 3 is 1.71 bits per heavy atom. The first-order chi connectivity index (χ1) is 10.2. The van der Waals surface area contributed by atoms with Gasteiger partial charge in [0.25, 0.3) is 0 Å². The Morgan fingerprint density at radius 2 is 1.29 bits per heavy atom. The van der Waals surface area contributed by atoms with E-state index >= 15 is 0 Å². The normalized spacial score (nSPS) is 11.5. The third kappa shape index (κ3) is 5.98. The molecule has 0 saturated heterocycles. The molecule has 21 heavy (non-hydrogen) atoms. The fraction of sp³-hybridized carbons (Fsp3) is 0.333. The molecule has 112 valence electrons. The van der Waals surface area contributed by atoms with Crippen LogP contribution in [0.25, 0.3) is 0 Å². The van der Waals surface area contributed by atoms with Gasteiger partial charge < -0.3 is 0 Å². The van der Waals surface area contributed by atoms with Crippen LogP contribution in [0.4, 0.5) is 0 Å². The van der Waals surface area contributed by atoms with Crippen LogP contribution in [0.2, 0.25) is 0 Å². The number of halogens is 1. The maximum absolute atomic E-state index is 5.84. The van der Waals surface area contributed by atoms with Gasteiger partial charge in [0, 0.05) is 15.7 Å². The predicted octanol–water partition coefficient (Wildman–Crippen LogP) is 6.70. The molecular formula is C18H21ClS2. The van der Waals surface area contributed by atoms with E-state index < -0.39 is 0 Å². The zero-order valence-electron chi connectivity index (χ0n) is 12.3. The van der Waals surface area contributed by atoms with Crippen molar-refractivity contribution in [3.8, 4) is 0 Å². The molecule has 0 nitrogen and oxygen atoms in total. The zero-order valence-corrected chi connectivity index (χ0v) is 14.7. The predicted molar refractivity (Wildman–Crippen MR) is 97.6 cm³/mol. The Labute approximate surface area is 141 Å². The molecule has 0 unspecified atom stereocenters. The summed E-state index contributed by atoms with van der Waals surface area (Å²) < 4.78 is 0.134. The SMILES string of the molecule is CC(CCCCCl)(Sc1ccccc1)Sc1ccccc1. The highest BCUT2D eigenvalue weighted by Crippen LogP contribution is 2.48. The van der Waals surface area contributed by atoms with Crippen LogP contribution in [0.5, 0.6) is 0 Å². The number of hydrogen-bond donors (Lipinski definition) is 0. The molecule has 0 bridgehead atoms. The van der Waals surface area contributed by atoms with Crippen LogP contribution in [-0.4, -0.2) is 9.96 Å². The second-order valence-electron chi connectivity index (χ2n) is 5.11. The van der Waals surface area contributed by atoms with Crippen LogP contribution in [0.3, 0.4) is 0 Å². The quantitative estimate of drug-likeness (QED) is 0.228. The first-order valence-corrected chi connectivity index (χ1v) is 9.43. The standard InChI is InChI=1S/C18H21ClS2/c1-18(14-8-9-15-19,20-16-10-4-2-5-11-16)21-17-12-6-3-7-13-17/h2-7,10-13H,8-9,14-15H2,1H3. The number of unbranched alkanes of at least 4 members (excludes halogenated alkanes) is 1. The Kier molecular flexibility index (Phi) is 7.01. The van der Waals surface area contributed by atoms with Crippen LogP contribution in [0.1, 0.15) is 26.2 Å². The van der Waals surface area contributed by atoms with Gasteiger partial charge in [-0.1, -0.05) is 42.8 Å². The first kappa shape index (κ1) is 16.8. The van der Waals surface area contributed by atoms with E-state index in [1.165, 1.54) is 16.2 Å². The van der Waals surface area contributed by atoms with Gasteiger partial charge in [-0.15, -0.1) is 35.1 Å². The number of rotatable bonds is 8. The van der Waals surface area contributed by atoms with Gasteiger partial charge >= 0.3 is 0 Å². The van der Waals surface area contributed by atoms with Gasteiger partial charge in [-0.25, -0.2) is 0 Å². The smallest absolute Gasteiger partial charge is 0.0677 e. The van der Waals surface area contributed by atoms with Crippen LogP contribution in [0, 0.1) is 0 Å². The van der Waals surface area contributed by atoms with E-state index in [2.05, 4.69) is 67.6 Å². The summed E-state index contributed by atoms with van der Waals surface area (Å²) >= 11 is 9.75. The van der Waals surface area contributed by atoms with Crippen molar-refractivity contribution in [2.24, 2.45) is 0 Å². The van der Waals surface area contributed by atoms with Crippen molar-refractivity contribution in [3.63, 3.8) is 0 Å². The molecule has 2 aromatic carbocycles. The fourth-order valence-corrected chi connectivity index (χ4v) is 5.15. The molecule has 0 spiro atoms. The molecule has 0 aliphatic heterocycles. The minimum atomic E-state index is 0.134. The topological polar surface area (TPSA) is 0 Å². The molecule has 0 heterocycles. The number of thioether (sulfide) groups is 2. The van der Waals surface area contributed by atoms with Crippen molar-refractivity contribution in [2.75, 3.05) is 5.88 Å². The molecule has 0 radical (unpaired) electrons. The maximum atomic E-state index is 5.84. The Morgan fingerprint density at radius 1 is 0.810 bits per heavy atom. The number of hydrogen-bond acceptors (Lipinski definition) is 2. The molecule has 2 rings (SSSR count). The van der Waals surface area contributed by atoms with Crippen molar-refractivity contribution in [1.29, 1.82) is 0 Å². The van der Waals surface area contributed by atoms with Gasteiger partial charge in [-0.05, 0) is 44.0 Å². The molecule has 2 aromatic rings. The summed E-state index contributed by atoms with van der Waals surface area (Å²) in [7, 11) is 0. The fourth-order valence-electron chi connectivity index (χ4n) is 2.14. The molecule has 0 amide bonds. The van der Waals surface area contributed by atoms with Gasteiger partial charge in [0.2, 0.25) is 0 Å². The van der Waals surface area contributed by atoms with Crippen molar-refractivity contribution < 1.29 is 0 Å². The molecule has 0 fully saturated rings.